The van der Waals surface area contributed by atoms with Gasteiger partial charge in [-0.15, -0.1) is 0 Å². The van der Waals surface area contributed by atoms with Crippen LogP contribution >= 0.6 is 11.8 Å². The molecule has 1 saturated heterocycles. The van der Waals surface area contributed by atoms with Crippen LogP contribution in [0.5, 0.6) is 0 Å². The minimum atomic E-state index is 0.289. The largest absolute Gasteiger partial charge is 0.395 e. The second-order valence-corrected chi connectivity index (χ2v) is 3.52. The average molecular weight is 147 g/mol. The predicted molar refractivity (Wildman–Crippen MR) is 40.8 cm³/mol. The standard InChI is InChI=1S/C6H13NOS/c1-9-6-2-5(4-8)7-3-6/h5-8H,2-4H2,1H3/t5-,6?/m0/s1. The van der Waals surface area contributed by atoms with Crippen molar-refractivity contribution in [3.8, 4) is 0 Å². The number of hydrogen-bond donors (Lipinski definition) is 2. The maximum atomic E-state index is 8.71. The van der Waals surface area contributed by atoms with E-state index >= 15 is 0 Å². The van der Waals surface area contributed by atoms with Crippen LogP contribution in [-0.4, -0.2) is 35.8 Å². The topological polar surface area (TPSA) is 32.3 Å². The maximum absolute atomic E-state index is 8.71. The number of aliphatic hydroxyl groups is 1. The highest BCUT2D eigenvalue weighted by Crippen LogP contribution is 2.17. The van der Waals surface area contributed by atoms with E-state index < -0.39 is 0 Å². The summed E-state index contributed by atoms with van der Waals surface area (Å²) in [5.41, 5.74) is 0. The van der Waals surface area contributed by atoms with E-state index in [0.29, 0.717) is 6.04 Å². The van der Waals surface area contributed by atoms with Crippen molar-refractivity contribution >= 4 is 11.8 Å². The third kappa shape index (κ3) is 1.85. The average Bonchev–Trinajstić information content (AvgIpc) is 2.34. The van der Waals surface area contributed by atoms with E-state index in [-0.39, 0.29) is 6.61 Å². The van der Waals surface area contributed by atoms with E-state index in [1.54, 1.807) is 0 Å². The smallest absolute Gasteiger partial charge is 0.0585 e. The first-order chi connectivity index (χ1) is 4.36. The van der Waals surface area contributed by atoms with E-state index in [0.717, 1.165) is 18.2 Å². The Morgan fingerprint density at radius 2 is 2.56 bits per heavy atom. The zero-order chi connectivity index (χ0) is 6.69. The van der Waals surface area contributed by atoms with E-state index in [4.69, 9.17) is 5.11 Å². The van der Waals surface area contributed by atoms with Crippen LogP contribution in [-0.2, 0) is 0 Å². The SMILES string of the molecule is CSC1CN[C@H](CO)C1. The minimum Gasteiger partial charge on any atom is -0.395 e. The van der Waals surface area contributed by atoms with Crippen molar-refractivity contribution in [2.45, 2.75) is 17.7 Å². The summed E-state index contributed by atoms with van der Waals surface area (Å²) >= 11 is 1.88. The Morgan fingerprint density at radius 3 is 2.89 bits per heavy atom. The molecule has 1 rings (SSSR count). The lowest BCUT2D eigenvalue weighted by Gasteiger charge is -2.03. The van der Waals surface area contributed by atoms with Gasteiger partial charge in [0.2, 0.25) is 0 Å². The molecule has 0 aromatic rings. The van der Waals surface area contributed by atoms with Gasteiger partial charge in [0.25, 0.3) is 0 Å². The van der Waals surface area contributed by atoms with E-state index in [1.807, 2.05) is 11.8 Å². The highest BCUT2D eigenvalue weighted by atomic mass is 32.2. The summed E-state index contributed by atoms with van der Waals surface area (Å²) in [4.78, 5) is 0. The van der Waals surface area contributed by atoms with Crippen molar-refractivity contribution in [3.05, 3.63) is 0 Å². The fourth-order valence-corrected chi connectivity index (χ4v) is 1.79. The number of nitrogens with one attached hydrogen (secondary N) is 1. The lowest BCUT2D eigenvalue weighted by atomic mass is 10.2. The van der Waals surface area contributed by atoms with Gasteiger partial charge >= 0.3 is 0 Å². The van der Waals surface area contributed by atoms with Gasteiger partial charge in [-0.25, -0.2) is 0 Å². The van der Waals surface area contributed by atoms with Crippen LogP contribution in [0.1, 0.15) is 6.42 Å². The van der Waals surface area contributed by atoms with Crippen LogP contribution < -0.4 is 5.32 Å². The molecule has 1 unspecified atom stereocenters. The Kier molecular flexibility index (Phi) is 2.82. The molecule has 2 N–H and O–H groups in total. The molecule has 0 bridgehead atoms. The quantitative estimate of drug-likeness (QED) is 0.580. The molecule has 2 atom stereocenters. The molecule has 0 amide bonds. The minimum absolute atomic E-state index is 0.289. The first-order valence-corrected chi connectivity index (χ1v) is 4.52. The molecule has 2 nitrogen and oxygen atoms in total. The number of thioether (sulfide) groups is 1. The fraction of sp³-hybridized carbons (Fsp3) is 1.00. The Balaban J connectivity index is 2.20. The van der Waals surface area contributed by atoms with Crippen molar-refractivity contribution < 1.29 is 5.11 Å². The van der Waals surface area contributed by atoms with Crippen LogP contribution in [0, 0.1) is 0 Å². The summed E-state index contributed by atoms with van der Waals surface area (Å²) in [5.74, 6) is 0. The molecule has 1 aliphatic heterocycles. The molecule has 0 spiro atoms. The first kappa shape index (κ1) is 7.38. The summed E-state index contributed by atoms with van der Waals surface area (Å²) in [7, 11) is 0. The normalized spacial score (nSPS) is 35.3. The van der Waals surface area contributed by atoms with Crippen LogP contribution in [0.3, 0.4) is 0 Å². The summed E-state index contributed by atoms with van der Waals surface area (Å²) in [6.07, 6.45) is 3.24. The molecule has 9 heavy (non-hydrogen) atoms. The molecular weight excluding hydrogens is 134 g/mol. The van der Waals surface area contributed by atoms with Gasteiger partial charge in [-0.05, 0) is 12.7 Å². The van der Waals surface area contributed by atoms with Crippen molar-refractivity contribution in [3.63, 3.8) is 0 Å². The highest BCUT2D eigenvalue weighted by molar-refractivity contribution is 7.99. The highest BCUT2D eigenvalue weighted by Gasteiger charge is 2.21. The summed E-state index contributed by atoms with van der Waals surface area (Å²) in [6, 6.07) is 0.363. The summed E-state index contributed by atoms with van der Waals surface area (Å²) in [6.45, 7) is 1.35. The van der Waals surface area contributed by atoms with E-state index in [2.05, 4.69) is 11.6 Å². The molecule has 1 heterocycles. The van der Waals surface area contributed by atoms with Crippen molar-refractivity contribution in [2.24, 2.45) is 0 Å². The van der Waals surface area contributed by atoms with E-state index in [1.165, 1.54) is 0 Å². The monoisotopic (exact) mass is 147 g/mol. The van der Waals surface area contributed by atoms with Gasteiger partial charge in [0.1, 0.15) is 0 Å². The van der Waals surface area contributed by atoms with Gasteiger partial charge in [0.05, 0.1) is 6.61 Å². The third-order valence-electron chi connectivity index (χ3n) is 1.74. The van der Waals surface area contributed by atoms with Crippen molar-refractivity contribution in [1.29, 1.82) is 0 Å². The molecule has 0 aliphatic carbocycles. The Bertz CT molecular complexity index is 79.1. The molecule has 1 fully saturated rings. The van der Waals surface area contributed by atoms with Gasteiger partial charge in [-0.1, -0.05) is 0 Å². The maximum Gasteiger partial charge on any atom is 0.0585 e. The Labute approximate surface area is 60.0 Å². The predicted octanol–water partition coefficient (Wildman–Crippen LogP) is 0.0722. The second kappa shape index (κ2) is 3.44. The van der Waals surface area contributed by atoms with Crippen molar-refractivity contribution in [1.82, 2.24) is 5.32 Å². The van der Waals surface area contributed by atoms with Gasteiger partial charge in [-0.3, -0.25) is 0 Å². The van der Waals surface area contributed by atoms with Crippen LogP contribution in [0.4, 0.5) is 0 Å². The number of aliphatic hydroxyl groups excluding tert-OH is 1. The van der Waals surface area contributed by atoms with Gasteiger partial charge < -0.3 is 10.4 Å². The van der Waals surface area contributed by atoms with Gasteiger partial charge in [-0.2, -0.15) is 11.8 Å². The molecular formula is C6H13NOS. The molecule has 0 aromatic carbocycles. The first-order valence-electron chi connectivity index (χ1n) is 3.24. The molecule has 1 aliphatic rings. The Hall–Kier alpha value is 0.270. The third-order valence-corrected chi connectivity index (χ3v) is 2.76. The van der Waals surface area contributed by atoms with Crippen LogP contribution in [0.25, 0.3) is 0 Å². The molecule has 0 saturated carbocycles. The summed E-state index contributed by atoms with van der Waals surface area (Å²) < 4.78 is 0. The lowest BCUT2D eigenvalue weighted by Crippen LogP contribution is -2.24. The molecule has 0 aromatic heterocycles. The Morgan fingerprint density at radius 1 is 1.78 bits per heavy atom. The zero-order valence-electron chi connectivity index (χ0n) is 5.63. The fourth-order valence-electron chi connectivity index (χ4n) is 1.10. The molecule has 0 radical (unpaired) electrons. The van der Waals surface area contributed by atoms with Crippen LogP contribution in [0.15, 0.2) is 0 Å². The summed E-state index contributed by atoms with van der Waals surface area (Å²) in [5, 5.41) is 12.7. The second-order valence-electron chi connectivity index (χ2n) is 2.38. The van der Waals surface area contributed by atoms with Crippen LogP contribution in [0.2, 0.25) is 0 Å². The molecule has 3 heteroatoms. The van der Waals surface area contributed by atoms with E-state index in [9.17, 15) is 0 Å². The van der Waals surface area contributed by atoms with Gasteiger partial charge in [0.15, 0.2) is 0 Å². The molecule has 54 valence electrons. The number of hydrogen-bond acceptors (Lipinski definition) is 3. The number of rotatable bonds is 2. The van der Waals surface area contributed by atoms with Crippen molar-refractivity contribution in [2.75, 3.05) is 19.4 Å². The zero-order valence-corrected chi connectivity index (χ0v) is 6.45. The lowest BCUT2D eigenvalue weighted by molar-refractivity contribution is 0.255. The van der Waals surface area contributed by atoms with Gasteiger partial charge in [0, 0.05) is 17.8 Å².